The molecule has 0 unspecified atom stereocenters. The fraction of sp³-hybridized carbons (Fsp3) is 0.636. The van der Waals surface area contributed by atoms with Crippen LogP contribution in [0.5, 0.6) is 0 Å². The molecule has 1 fully saturated rings. The molecule has 114 valence electrons. The van der Waals surface area contributed by atoms with Crippen LogP contribution in [-0.2, 0) is 4.74 Å². The van der Waals surface area contributed by atoms with Gasteiger partial charge in [0.1, 0.15) is 12.3 Å². The topological polar surface area (TPSA) is 153 Å². The summed E-state index contributed by atoms with van der Waals surface area (Å²) in [5, 5.41) is 22.2. The lowest BCUT2D eigenvalue weighted by molar-refractivity contribution is -0.0781. The number of aliphatic hydroxyl groups excluding tert-OH is 2. The number of hydrogen-bond acceptors (Lipinski definition) is 6. The highest BCUT2D eigenvalue weighted by molar-refractivity contribution is 5.02. The smallest absolute Gasteiger partial charge is 0.330 e. The summed E-state index contributed by atoms with van der Waals surface area (Å²) < 4.78 is 6.67. The maximum absolute atomic E-state index is 11.8. The minimum Gasteiger partial charge on any atom is -0.394 e. The summed E-state index contributed by atoms with van der Waals surface area (Å²) in [6.07, 6.45) is -1.46. The molecular formula is C11H15N5O5. The van der Waals surface area contributed by atoms with Gasteiger partial charge in [0.2, 0.25) is 0 Å². The molecule has 4 atom stereocenters. The molecule has 0 saturated carbocycles. The van der Waals surface area contributed by atoms with Crippen molar-refractivity contribution in [3.63, 3.8) is 0 Å². The largest absolute Gasteiger partial charge is 0.394 e. The van der Waals surface area contributed by atoms with Gasteiger partial charge >= 0.3 is 5.69 Å². The number of aliphatic hydroxyl groups is 2. The molecule has 1 aliphatic rings. The molecule has 2 heterocycles. The van der Waals surface area contributed by atoms with E-state index >= 15 is 0 Å². The Labute approximate surface area is 118 Å². The van der Waals surface area contributed by atoms with Crippen LogP contribution in [0.3, 0.4) is 0 Å². The fourth-order valence-electron chi connectivity index (χ4n) is 2.28. The predicted octanol–water partition coefficient (Wildman–Crippen LogP) is -0.835. The highest BCUT2D eigenvalue weighted by atomic mass is 16.5. The van der Waals surface area contributed by atoms with Crippen molar-refractivity contribution >= 4 is 0 Å². The van der Waals surface area contributed by atoms with Gasteiger partial charge in [-0.05, 0) is 12.5 Å². The first kappa shape index (κ1) is 15.3. The molecule has 0 amide bonds. The molecular weight excluding hydrogens is 282 g/mol. The van der Waals surface area contributed by atoms with Crippen molar-refractivity contribution in [2.45, 2.75) is 37.8 Å². The van der Waals surface area contributed by atoms with Crippen molar-refractivity contribution in [1.82, 2.24) is 9.55 Å². The van der Waals surface area contributed by atoms with Crippen LogP contribution >= 0.6 is 0 Å². The minimum atomic E-state index is -1.23. The van der Waals surface area contributed by atoms with Gasteiger partial charge in [0.05, 0.1) is 18.8 Å². The van der Waals surface area contributed by atoms with Crippen LogP contribution in [-0.4, -0.2) is 44.6 Å². The minimum absolute atomic E-state index is 0.150. The van der Waals surface area contributed by atoms with E-state index in [1.807, 2.05) is 0 Å². The molecule has 1 aliphatic heterocycles. The second-order valence-electron chi connectivity index (χ2n) is 4.79. The molecule has 1 aromatic heterocycles. The Bertz CT molecular complexity index is 676. The number of rotatable bonds is 4. The summed E-state index contributed by atoms with van der Waals surface area (Å²) in [4.78, 5) is 28.0. The molecule has 2 rings (SSSR count). The predicted molar refractivity (Wildman–Crippen MR) is 70.6 cm³/mol. The second-order valence-corrected chi connectivity index (χ2v) is 4.79. The van der Waals surface area contributed by atoms with Gasteiger partial charge in [0.15, 0.2) is 0 Å². The van der Waals surface area contributed by atoms with E-state index < -0.39 is 42.3 Å². The molecule has 10 heteroatoms. The number of hydrogen-bond donors (Lipinski definition) is 3. The van der Waals surface area contributed by atoms with E-state index in [-0.39, 0.29) is 6.42 Å². The van der Waals surface area contributed by atoms with Crippen molar-refractivity contribution in [1.29, 1.82) is 0 Å². The van der Waals surface area contributed by atoms with Gasteiger partial charge in [-0.1, -0.05) is 5.11 Å². The molecule has 0 bridgehead atoms. The summed E-state index contributed by atoms with van der Waals surface area (Å²) in [7, 11) is 0. The molecule has 1 saturated heterocycles. The van der Waals surface area contributed by atoms with E-state index in [1.54, 1.807) is 0 Å². The maximum atomic E-state index is 11.8. The van der Waals surface area contributed by atoms with E-state index in [4.69, 9.17) is 15.4 Å². The summed E-state index contributed by atoms with van der Waals surface area (Å²) in [6.45, 7) is 0.975. The van der Waals surface area contributed by atoms with Crippen molar-refractivity contribution in [2.24, 2.45) is 5.11 Å². The van der Waals surface area contributed by atoms with E-state index in [9.17, 15) is 14.7 Å². The molecule has 1 aromatic rings. The van der Waals surface area contributed by atoms with Gasteiger partial charge in [-0.2, -0.15) is 0 Å². The first-order chi connectivity index (χ1) is 9.97. The normalized spacial score (nSPS) is 26.3. The molecule has 0 aliphatic carbocycles. The zero-order chi connectivity index (χ0) is 15.6. The van der Waals surface area contributed by atoms with Crippen molar-refractivity contribution in [2.75, 3.05) is 6.61 Å². The molecule has 10 nitrogen and oxygen atoms in total. The lowest BCUT2D eigenvalue weighted by Gasteiger charge is -2.20. The van der Waals surface area contributed by atoms with Gasteiger partial charge in [-0.25, -0.2) is 4.79 Å². The zero-order valence-corrected chi connectivity index (χ0v) is 11.2. The van der Waals surface area contributed by atoms with Gasteiger partial charge in [-0.3, -0.25) is 14.3 Å². The Hall–Kier alpha value is -2.13. The number of azide groups is 1. The molecule has 0 spiro atoms. The lowest BCUT2D eigenvalue weighted by atomic mass is 10.1. The van der Waals surface area contributed by atoms with Crippen LogP contribution in [0.1, 0.15) is 18.2 Å². The van der Waals surface area contributed by atoms with Gasteiger partial charge < -0.3 is 14.9 Å². The van der Waals surface area contributed by atoms with Crippen molar-refractivity contribution < 1.29 is 14.9 Å². The maximum Gasteiger partial charge on any atom is 0.330 e. The molecule has 3 N–H and O–H groups in total. The van der Waals surface area contributed by atoms with Crippen molar-refractivity contribution in [3.05, 3.63) is 43.0 Å². The number of H-pyrrole nitrogens is 1. The van der Waals surface area contributed by atoms with E-state index in [1.165, 1.54) is 17.7 Å². The highest BCUT2D eigenvalue weighted by Crippen LogP contribution is 2.31. The van der Waals surface area contributed by atoms with Crippen LogP contribution < -0.4 is 11.2 Å². The number of ether oxygens (including phenoxy) is 1. The fourth-order valence-corrected chi connectivity index (χ4v) is 2.28. The standard InChI is InChI=1S/C11H15N5O5/c1-5-3-16(11(20)13-10(5)19)8-2-6(14-15-12)9(21-8)7(18)4-17/h3,6-9,17-18H,2,4H2,1H3,(H,13,19,20)/t6-,7-,8+,9-/m0/s1. The van der Waals surface area contributed by atoms with Gasteiger partial charge in [-0.15, -0.1) is 0 Å². The first-order valence-electron chi connectivity index (χ1n) is 6.28. The average Bonchev–Trinajstić information content (AvgIpc) is 2.86. The van der Waals surface area contributed by atoms with E-state index in [0.717, 1.165) is 0 Å². The lowest BCUT2D eigenvalue weighted by Crippen LogP contribution is -2.37. The monoisotopic (exact) mass is 297 g/mol. The number of nitrogens with zero attached hydrogens (tertiary/aromatic N) is 4. The van der Waals surface area contributed by atoms with Crippen LogP contribution in [0.25, 0.3) is 10.4 Å². The Morgan fingerprint density at radius 2 is 2.38 bits per heavy atom. The van der Waals surface area contributed by atoms with Crippen molar-refractivity contribution in [3.8, 4) is 0 Å². The highest BCUT2D eigenvalue weighted by Gasteiger charge is 2.40. The molecule has 21 heavy (non-hydrogen) atoms. The Morgan fingerprint density at radius 1 is 1.67 bits per heavy atom. The summed E-state index contributed by atoms with van der Waals surface area (Å²) in [5.41, 5.74) is 7.71. The van der Waals surface area contributed by atoms with Gasteiger partial charge in [0, 0.05) is 23.1 Å². The zero-order valence-electron chi connectivity index (χ0n) is 11.2. The average molecular weight is 297 g/mol. The van der Waals surface area contributed by atoms with Crippen LogP contribution in [0.15, 0.2) is 20.9 Å². The van der Waals surface area contributed by atoms with E-state index in [0.29, 0.717) is 5.56 Å². The first-order valence-corrected chi connectivity index (χ1v) is 6.28. The number of nitrogens with one attached hydrogen (secondary N) is 1. The van der Waals surface area contributed by atoms with E-state index in [2.05, 4.69) is 15.0 Å². The summed E-state index contributed by atoms with van der Waals surface area (Å²) in [6, 6.07) is -0.721. The molecule has 0 aromatic carbocycles. The third-order valence-electron chi connectivity index (χ3n) is 3.36. The van der Waals surface area contributed by atoms with Crippen LogP contribution in [0, 0.1) is 6.92 Å². The quantitative estimate of drug-likeness (QED) is 0.376. The number of aromatic amines is 1. The number of aryl methyl sites for hydroxylation is 1. The SMILES string of the molecule is Cc1cn([C@H]2C[C@H](N=[N+]=[N-])[C@@H]([C@@H](O)CO)O2)c(=O)[nH]c1=O. The van der Waals surface area contributed by atoms with Crippen LogP contribution in [0.4, 0.5) is 0 Å². The Morgan fingerprint density at radius 3 is 3.00 bits per heavy atom. The Balaban J connectivity index is 2.35. The van der Waals surface area contributed by atoms with Crippen LogP contribution in [0.2, 0.25) is 0 Å². The summed E-state index contributed by atoms with van der Waals surface area (Å²) in [5.74, 6) is 0. The number of aromatic nitrogens is 2. The second kappa shape index (κ2) is 6.10. The third-order valence-corrected chi connectivity index (χ3v) is 3.36. The van der Waals surface area contributed by atoms with Gasteiger partial charge in [0.25, 0.3) is 5.56 Å². The Kier molecular flexibility index (Phi) is 4.43. The molecule has 0 radical (unpaired) electrons. The summed E-state index contributed by atoms with van der Waals surface area (Å²) >= 11 is 0. The third kappa shape index (κ3) is 2.98.